The molecule has 0 aliphatic rings. The van der Waals surface area contributed by atoms with Crippen LogP contribution in [0.4, 0.5) is 0 Å². The number of carbonyl (C=O) groups excluding carboxylic acids is 1. The van der Waals surface area contributed by atoms with Gasteiger partial charge in [0.15, 0.2) is 9.84 Å². The van der Waals surface area contributed by atoms with Crippen LogP contribution in [0, 0.1) is 0 Å². The Kier molecular flexibility index (Phi) is 5.81. The van der Waals surface area contributed by atoms with Crippen LogP contribution in [0.3, 0.4) is 0 Å². The van der Waals surface area contributed by atoms with Crippen LogP contribution in [0.25, 0.3) is 0 Å². The average molecular weight is 349 g/mol. The van der Waals surface area contributed by atoms with Gasteiger partial charge in [-0.25, -0.2) is 8.42 Å². The summed E-state index contributed by atoms with van der Waals surface area (Å²) in [5.41, 5.74) is 0.395. The lowest BCUT2D eigenvalue weighted by Crippen LogP contribution is -2.28. The molecule has 128 valence electrons. The van der Waals surface area contributed by atoms with E-state index in [9.17, 15) is 13.2 Å². The van der Waals surface area contributed by atoms with Crippen LogP contribution in [0.2, 0.25) is 0 Å². The largest absolute Gasteiger partial charge is 0.497 e. The van der Waals surface area contributed by atoms with Gasteiger partial charge in [-0.05, 0) is 48.5 Å². The van der Waals surface area contributed by atoms with Crippen LogP contribution < -0.4 is 14.8 Å². The van der Waals surface area contributed by atoms with Gasteiger partial charge in [0, 0.05) is 11.8 Å². The van der Waals surface area contributed by atoms with Crippen molar-refractivity contribution in [2.75, 3.05) is 26.5 Å². The van der Waals surface area contributed by atoms with Gasteiger partial charge in [-0.15, -0.1) is 0 Å². The fraction of sp³-hybridized carbons (Fsp3) is 0.235. The minimum Gasteiger partial charge on any atom is -0.497 e. The van der Waals surface area contributed by atoms with Gasteiger partial charge in [-0.1, -0.05) is 0 Å². The summed E-state index contributed by atoms with van der Waals surface area (Å²) in [6.07, 6.45) is 1.12. The van der Waals surface area contributed by atoms with E-state index in [1.165, 1.54) is 24.3 Å². The molecule has 7 heteroatoms. The van der Waals surface area contributed by atoms with Gasteiger partial charge >= 0.3 is 0 Å². The van der Waals surface area contributed by atoms with E-state index < -0.39 is 9.84 Å². The summed E-state index contributed by atoms with van der Waals surface area (Å²) >= 11 is 0. The maximum absolute atomic E-state index is 12.0. The molecule has 24 heavy (non-hydrogen) atoms. The summed E-state index contributed by atoms with van der Waals surface area (Å²) < 4.78 is 33.3. The number of benzene rings is 2. The molecule has 0 radical (unpaired) electrons. The number of methoxy groups -OCH3 is 1. The van der Waals surface area contributed by atoms with Crippen molar-refractivity contribution < 1.29 is 22.7 Å². The van der Waals surface area contributed by atoms with Gasteiger partial charge in [0.25, 0.3) is 5.91 Å². The molecule has 0 saturated carbocycles. The molecule has 0 aliphatic heterocycles. The van der Waals surface area contributed by atoms with Crippen molar-refractivity contribution in [1.82, 2.24) is 5.32 Å². The van der Waals surface area contributed by atoms with E-state index in [1.807, 2.05) is 0 Å². The number of nitrogens with one attached hydrogen (secondary N) is 1. The Morgan fingerprint density at radius 3 is 2.12 bits per heavy atom. The summed E-state index contributed by atoms with van der Waals surface area (Å²) in [5, 5.41) is 2.71. The first-order valence-corrected chi connectivity index (χ1v) is 9.14. The SMILES string of the molecule is COc1ccc(OCCNC(=O)c2ccc(S(C)(=O)=O)cc2)cc1. The Hall–Kier alpha value is -2.54. The quantitative estimate of drug-likeness (QED) is 0.772. The molecule has 0 atom stereocenters. The maximum Gasteiger partial charge on any atom is 0.251 e. The second kappa shape index (κ2) is 7.83. The zero-order valence-corrected chi connectivity index (χ0v) is 14.3. The molecule has 0 aromatic heterocycles. The molecule has 0 fully saturated rings. The zero-order chi connectivity index (χ0) is 17.6. The van der Waals surface area contributed by atoms with Crippen LogP contribution in [0.1, 0.15) is 10.4 Å². The second-order valence-electron chi connectivity index (χ2n) is 5.08. The van der Waals surface area contributed by atoms with Gasteiger partial charge in [-0.2, -0.15) is 0 Å². The Morgan fingerprint density at radius 2 is 1.58 bits per heavy atom. The van der Waals surface area contributed by atoms with Gasteiger partial charge in [0.05, 0.1) is 18.6 Å². The monoisotopic (exact) mass is 349 g/mol. The zero-order valence-electron chi connectivity index (χ0n) is 13.5. The first-order valence-electron chi connectivity index (χ1n) is 7.25. The number of carbonyl (C=O) groups is 1. The lowest BCUT2D eigenvalue weighted by molar-refractivity contribution is 0.0947. The first kappa shape index (κ1) is 17.8. The lowest BCUT2D eigenvalue weighted by Gasteiger charge is -2.08. The van der Waals surface area contributed by atoms with Crippen molar-refractivity contribution in [2.24, 2.45) is 0 Å². The number of sulfone groups is 1. The number of ether oxygens (including phenoxy) is 2. The molecular formula is C17H19NO5S. The van der Waals surface area contributed by atoms with Crippen molar-refractivity contribution >= 4 is 15.7 Å². The third kappa shape index (κ3) is 4.99. The first-order chi connectivity index (χ1) is 11.4. The topological polar surface area (TPSA) is 81.7 Å². The Bertz CT molecular complexity index is 783. The fourth-order valence-corrected chi connectivity index (χ4v) is 2.59. The maximum atomic E-state index is 12.0. The smallest absolute Gasteiger partial charge is 0.251 e. The molecule has 0 aliphatic carbocycles. The van der Waals surface area contributed by atoms with Crippen LogP contribution in [-0.2, 0) is 9.84 Å². The molecule has 2 rings (SSSR count). The second-order valence-corrected chi connectivity index (χ2v) is 7.09. The van der Waals surface area contributed by atoms with E-state index in [2.05, 4.69) is 5.32 Å². The number of hydrogen-bond donors (Lipinski definition) is 1. The lowest BCUT2D eigenvalue weighted by atomic mass is 10.2. The molecule has 1 amide bonds. The minimum atomic E-state index is -3.26. The Balaban J connectivity index is 1.80. The van der Waals surface area contributed by atoms with Crippen LogP contribution in [0.15, 0.2) is 53.4 Å². The molecule has 0 spiro atoms. The van der Waals surface area contributed by atoms with Crippen LogP contribution in [0.5, 0.6) is 11.5 Å². The Morgan fingerprint density at radius 1 is 1.00 bits per heavy atom. The summed E-state index contributed by atoms with van der Waals surface area (Å²) in [4.78, 5) is 12.2. The molecule has 0 unspecified atom stereocenters. The Labute approximate surface area is 141 Å². The van der Waals surface area contributed by atoms with E-state index in [4.69, 9.17) is 9.47 Å². The molecule has 2 aromatic rings. The predicted molar refractivity (Wildman–Crippen MR) is 90.4 cm³/mol. The van der Waals surface area contributed by atoms with E-state index in [1.54, 1.807) is 31.4 Å². The summed E-state index contributed by atoms with van der Waals surface area (Å²) in [5.74, 6) is 1.14. The molecule has 2 aromatic carbocycles. The van der Waals surface area contributed by atoms with Crippen molar-refractivity contribution in [1.29, 1.82) is 0 Å². The fourth-order valence-electron chi connectivity index (χ4n) is 1.96. The third-order valence-electron chi connectivity index (χ3n) is 3.26. The van der Waals surface area contributed by atoms with Gasteiger partial charge < -0.3 is 14.8 Å². The van der Waals surface area contributed by atoms with Gasteiger partial charge in [0.2, 0.25) is 0 Å². The number of rotatable bonds is 7. The van der Waals surface area contributed by atoms with E-state index in [-0.39, 0.29) is 10.8 Å². The molecule has 0 bridgehead atoms. The van der Waals surface area contributed by atoms with E-state index in [0.29, 0.717) is 24.5 Å². The third-order valence-corrected chi connectivity index (χ3v) is 4.39. The van der Waals surface area contributed by atoms with Gasteiger partial charge in [0.1, 0.15) is 18.1 Å². The van der Waals surface area contributed by atoms with Crippen molar-refractivity contribution in [3.8, 4) is 11.5 Å². The normalized spacial score (nSPS) is 10.9. The van der Waals surface area contributed by atoms with E-state index >= 15 is 0 Å². The van der Waals surface area contributed by atoms with Crippen LogP contribution in [-0.4, -0.2) is 40.8 Å². The summed E-state index contributed by atoms with van der Waals surface area (Å²) in [7, 11) is -1.67. The summed E-state index contributed by atoms with van der Waals surface area (Å²) in [6.45, 7) is 0.651. The average Bonchev–Trinajstić information content (AvgIpc) is 2.58. The highest BCUT2D eigenvalue weighted by Crippen LogP contribution is 2.16. The molecule has 0 heterocycles. The molecule has 1 N–H and O–H groups in total. The van der Waals surface area contributed by atoms with E-state index in [0.717, 1.165) is 12.0 Å². The number of amides is 1. The molecule has 6 nitrogen and oxygen atoms in total. The predicted octanol–water partition coefficient (Wildman–Crippen LogP) is 1.91. The van der Waals surface area contributed by atoms with Crippen molar-refractivity contribution in [2.45, 2.75) is 4.90 Å². The van der Waals surface area contributed by atoms with Crippen molar-refractivity contribution in [3.63, 3.8) is 0 Å². The number of hydrogen-bond acceptors (Lipinski definition) is 5. The highest BCUT2D eigenvalue weighted by Gasteiger charge is 2.09. The van der Waals surface area contributed by atoms with Crippen LogP contribution >= 0.6 is 0 Å². The standard InChI is InChI=1S/C17H19NO5S/c1-22-14-5-7-15(8-6-14)23-12-11-18-17(19)13-3-9-16(10-4-13)24(2,20)21/h3-10H,11-12H2,1-2H3,(H,18,19). The van der Waals surface area contributed by atoms with Gasteiger partial charge in [-0.3, -0.25) is 4.79 Å². The molecule has 0 saturated heterocycles. The minimum absolute atomic E-state index is 0.182. The highest BCUT2D eigenvalue weighted by atomic mass is 32.2. The molecular weight excluding hydrogens is 330 g/mol. The highest BCUT2D eigenvalue weighted by molar-refractivity contribution is 7.90. The van der Waals surface area contributed by atoms with Crippen molar-refractivity contribution in [3.05, 3.63) is 54.1 Å². The summed E-state index contributed by atoms with van der Waals surface area (Å²) in [6, 6.07) is 12.9.